The largest absolute Gasteiger partial charge is 0.386 e. The van der Waals surface area contributed by atoms with Crippen LogP contribution in [0.25, 0.3) is 0 Å². The Labute approximate surface area is 118 Å². The van der Waals surface area contributed by atoms with Gasteiger partial charge in [-0.25, -0.2) is 13.1 Å². The highest BCUT2D eigenvalue weighted by molar-refractivity contribution is 7.89. The molecule has 19 heavy (non-hydrogen) atoms. The van der Waals surface area contributed by atoms with Gasteiger partial charge in [0.2, 0.25) is 10.0 Å². The zero-order chi connectivity index (χ0) is 14.7. The summed E-state index contributed by atoms with van der Waals surface area (Å²) in [5.74, 6) is 0. The molecule has 1 aromatic carbocycles. The van der Waals surface area contributed by atoms with Gasteiger partial charge in [-0.05, 0) is 31.5 Å². The molecule has 0 heterocycles. The third kappa shape index (κ3) is 4.74. The smallest absolute Gasteiger partial charge is 0.240 e. The van der Waals surface area contributed by atoms with Crippen LogP contribution in [-0.2, 0) is 14.8 Å². The number of sulfonamides is 1. The Morgan fingerprint density at radius 2 is 2.11 bits per heavy atom. The molecule has 0 aliphatic carbocycles. The quantitative estimate of drug-likeness (QED) is 0.831. The van der Waals surface area contributed by atoms with Crippen LogP contribution in [-0.4, -0.2) is 39.4 Å². The number of hydrogen-bond donors (Lipinski definition) is 2. The number of halogens is 1. The fourth-order valence-corrected chi connectivity index (χ4v) is 2.87. The van der Waals surface area contributed by atoms with Crippen LogP contribution in [0.3, 0.4) is 0 Å². The van der Waals surface area contributed by atoms with E-state index < -0.39 is 15.6 Å². The molecule has 5 nitrogen and oxygen atoms in total. The second-order valence-electron chi connectivity index (χ2n) is 4.67. The predicted octanol–water partition coefficient (Wildman–Crippen LogP) is 1.32. The summed E-state index contributed by atoms with van der Waals surface area (Å²) >= 11 is 5.90. The zero-order valence-corrected chi connectivity index (χ0v) is 12.7. The second-order valence-corrected chi connectivity index (χ2v) is 6.84. The molecule has 0 aliphatic rings. The monoisotopic (exact) mass is 307 g/mol. The van der Waals surface area contributed by atoms with Gasteiger partial charge in [-0.2, -0.15) is 0 Å². The molecule has 1 rings (SSSR count). The Hall–Kier alpha value is -0.660. The first-order valence-corrected chi connectivity index (χ1v) is 7.51. The van der Waals surface area contributed by atoms with Crippen molar-refractivity contribution in [3.8, 4) is 0 Å². The maximum atomic E-state index is 12.0. The van der Waals surface area contributed by atoms with Gasteiger partial charge in [0.25, 0.3) is 0 Å². The fourth-order valence-electron chi connectivity index (χ4n) is 1.44. The lowest BCUT2D eigenvalue weighted by Crippen LogP contribution is -2.43. The van der Waals surface area contributed by atoms with Crippen LogP contribution >= 0.6 is 11.6 Å². The Morgan fingerprint density at radius 1 is 1.47 bits per heavy atom. The standard InChI is InChI=1S/C12H18ClNO4S/c1-9-4-5-10(6-11(9)13)19(16,17)14-7-12(2,15)8-18-3/h4-6,14-15H,7-8H2,1-3H3. The first-order chi connectivity index (χ1) is 8.68. The molecular formula is C12H18ClNO4S. The average Bonchev–Trinajstić information content (AvgIpc) is 2.30. The van der Waals surface area contributed by atoms with Gasteiger partial charge in [0.05, 0.1) is 17.1 Å². The van der Waals surface area contributed by atoms with Crippen molar-refractivity contribution in [2.45, 2.75) is 24.3 Å². The van der Waals surface area contributed by atoms with Gasteiger partial charge in [-0.15, -0.1) is 0 Å². The van der Waals surface area contributed by atoms with Gasteiger partial charge in [-0.1, -0.05) is 17.7 Å². The molecule has 0 fully saturated rings. The van der Waals surface area contributed by atoms with Crippen LogP contribution in [0.1, 0.15) is 12.5 Å². The number of nitrogens with one attached hydrogen (secondary N) is 1. The topological polar surface area (TPSA) is 75.6 Å². The van der Waals surface area contributed by atoms with Gasteiger partial charge < -0.3 is 9.84 Å². The zero-order valence-electron chi connectivity index (χ0n) is 11.1. The van der Waals surface area contributed by atoms with Crippen molar-refractivity contribution >= 4 is 21.6 Å². The first-order valence-electron chi connectivity index (χ1n) is 5.65. The summed E-state index contributed by atoms with van der Waals surface area (Å²) in [6.07, 6.45) is 0. The SMILES string of the molecule is COCC(C)(O)CNS(=O)(=O)c1ccc(C)c(Cl)c1. The van der Waals surface area contributed by atoms with Crippen LogP contribution in [0.15, 0.2) is 23.1 Å². The van der Waals surface area contributed by atoms with E-state index in [0.717, 1.165) is 5.56 Å². The number of rotatable bonds is 6. The van der Waals surface area contributed by atoms with E-state index in [1.54, 1.807) is 13.0 Å². The molecule has 0 bridgehead atoms. The second kappa shape index (κ2) is 6.19. The molecule has 0 spiro atoms. The van der Waals surface area contributed by atoms with Crippen molar-refractivity contribution < 1.29 is 18.3 Å². The summed E-state index contributed by atoms with van der Waals surface area (Å²) in [7, 11) is -2.27. The number of aryl methyl sites for hydroxylation is 1. The Bertz CT molecular complexity index is 543. The summed E-state index contributed by atoms with van der Waals surface area (Å²) in [6.45, 7) is 3.16. The van der Waals surface area contributed by atoms with Crippen LogP contribution in [0.5, 0.6) is 0 Å². The van der Waals surface area contributed by atoms with E-state index in [9.17, 15) is 13.5 Å². The molecule has 0 radical (unpaired) electrons. The minimum Gasteiger partial charge on any atom is -0.386 e. The van der Waals surface area contributed by atoms with Gasteiger partial charge >= 0.3 is 0 Å². The molecule has 108 valence electrons. The van der Waals surface area contributed by atoms with E-state index in [-0.39, 0.29) is 18.0 Å². The number of methoxy groups -OCH3 is 1. The van der Waals surface area contributed by atoms with Crippen molar-refractivity contribution in [2.24, 2.45) is 0 Å². The molecule has 0 aromatic heterocycles. The Kier molecular flexibility index (Phi) is 5.34. The van der Waals surface area contributed by atoms with Crippen LogP contribution in [0.4, 0.5) is 0 Å². The van der Waals surface area contributed by atoms with E-state index in [4.69, 9.17) is 16.3 Å². The lowest BCUT2D eigenvalue weighted by molar-refractivity contribution is -0.0119. The van der Waals surface area contributed by atoms with Crippen molar-refractivity contribution in [3.63, 3.8) is 0 Å². The molecule has 1 aromatic rings. The van der Waals surface area contributed by atoms with Crippen LogP contribution in [0, 0.1) is 6.92 Å². The van der Waals surface area contributed by atoms with E-state index in [1.807, 2.05) is 0 Å². The lowest BCUT2D eigenvalue weighted by atomic mass is 10.1. The maximum Gasteiger partial charge on any atom is 0.240 e. The first kappa shape index (κ1) is 16.4. The number of aliphatic hydroxyl groups is 1. The normalized spacial score (nSPS) is 15.2. The summed E-state index contributed by atoms with van der Waals surface area (Å²) in [5, 5.41) is 10.2. The van der Waals surface area contributed by atoms with E-state index >= 15 is 0 Å². The fraction of sp³-hybridized carbons (Fsp3) is 0.500. The summed E-state index contributed by atoms with van der Waals surface area (Å²) in [5.41, 5.74) is -0.469. The third-order valence-corrected chi connectivity index (χ3v) is 4.36. The molecular weight excluding hydrogens is 290 g/mol. The molecule has 1 atom stereocenters. The maximum absolute atomic E-state index is 12.0. The van der Waals surface area contributed by atoms with Gasteiger partial charge in [0.15, 0.2) is 0 Å². The highest BCUT2D eigenvalue weighted by Gasteiger charge is 2.24. The highest BCUT2D eigenvalue weighted by atomic mass is 35.5. The molecule has 0 saturated heterocycles. The third-order valence-electron chi connectivity index (χ3n) is 2.55. The summed E-state index contributed by atoms with van der Waals surface area (Å²) < 4.78 is 31.2. The summed E-state index contributed by atoms with van der Waals surface area (Å²) in [6, 6.07) is 4.48. The molecule has 0 aliphatic heterocycles. The van der Waals surface area contributed by atoms with Gasteiger partial charge in [0, 0.05) is 18.7 Å². The summed E-state index contributed by atoms with van der Waals surface area (Å²) in [4.78, 5) is 0.0660. The average molecular weight is 308 g/mol. The number of benzene rings is 1. The molecule has 7 heteroatoms. The molecule has 0 amide bonds. The molecule has 0 saturated carbocycles. The van der Waals surface area contributed by atoms with E-state index in [0.29, 0.717) is 5.02 Å². The van der Waals surface area contributed by atoms with Crippen molar-refractivity contribution in [2.75, 3.05) is 20.3 Å². The number of ether oxygens (including phenoxy) is 1. The van der Waals surface area contributed by atoms with Gasteiger partial charge in [0.1, 0.15) is 0 Å². The Balaban J connectivity index is 2.84. The van der Waals surface area contributed by atoms with Crippen molar-refractivity contribution in [1.29, 1.82) is 0 Å². The predicted molar refractivity (Wildman–Crippen MR) is 73.9 cm³/mol. The molecule has 2 N–H and O–H groups in total. The molecule has 1 unspecified atom stereocenters. The van der Waals surface area contributed by atoms with E-state index in [2.05, 4.69) is 4.72 Å². The van der Waals surface area contributed by atoms with Crippen LogP contribution < -0.4 is 4.72 Å². The van der Waals surface area contributed by atoms with Crippen LogP contribution in [0.2, 0.25) is 5.02 Å². The van der Waals surface area contributed by atoms with Gasteiger partial charge in [-0.3, -0.25) is 0 Å². The minimum absolute atomic E-state index is 0.0319. The van der Waals surface area contributed by atoms with Crippen molar-refractivity contribution in [3.05, 3.63) is 28.8 Å². The van der Waals surface area contributed by atoms with E-state index in [1.165, 1.54) is 26.2 Å². The van der Waals surface area contributed by atoms with Crippen molar-refractivity contribution in [1.82, 2.24) is 4.72 Å². The number of hydrogen-bond acceptors (Lipinski definition) is 4. The Morgan fingerprint density at radius 3 is 2.63 bits per heavy atom. The minimum atomic E-state index is -3.70. The lowest BCUT2D eigenvalue weighted by Gasteiger charge is -2.22. The highest BCUT2D eigenvalue weighted by Crippen LogP contribution is 2.20.